The van der Waals surface area contributed by atoms with Gasteiger partial charge in [0.15, 0.2) is 6.10 Å². The molecule has 2 rings (SSSR count). The number of carbonyl (C=O) groups is 1. The number of carbonyl (C=O) groups excluding carboxylic acids is 1. The third-order valence-electron chi connectivity index (χ3n) is 6.30. The van der Waals surface area contributed by atoms with Crippen LogP contribution in [0, 0.1) is 0 Å². The summed E-state index contributed by atoms with van der Waals surface area (Å²) >= 11 is 0. The highest BCUT2D eigenvalue weighted by Crippen LogP contribution is 2.36. The van der Waals surface area contributed by atoms with E-state index in [4.69, 9.17) is 18.9 Å². The Labute approximate surface area is 199 Å². The van der Waals surface area contributed by atoms with E-state index in [2.05, 4.69) is 6.92 Å². The van der Waals surface area contributed by atoms with Crippen molar-refractivity contribution < 1.29 is 59.5 Å². The molecule has 0 aliphatic carbocycles. The average molecular weight is 497 g/mol. The molecule has 200 valence electrons. The van der Waals surface area contributed by atoms with Gasteiger partial charge in [-0.15, -0.1) is 0 Å². The molecule has 9 atom stereocenters. The Balaban J connectivity index is 2.05. The monoisotopic (exact) mass is 496 g/mol. The van der Waals surface area contributed by atoms with Gasteiger partial charge in [-0.05, 0) is 6.42 Å². The van der Waals surface area contributed by atoms with Gasteiger partial charge in [-0.1, -0.05) is 45.4 Å². The predicted octanol–water partition coefficient (Wildman–Crippen LogP) is -1.70. The summed E-state index contributed by atoms with van der Waals surface area (Å²) in [5.74, 6) is -2.95. The van der Waals surface area contributed by atoms with Gasteiger partial charge in [0.25, 0.3) is 0 Å². The molecule has 0 bridgehead atoms. The van der Waals surface area contributed by atoms with E-state index < -0.39 is 80.6 Å². The predicted molar refractivity (Wildman–Crippen MR) is 115 cm³/mol. The zero-order chi connectivity index (χ0) is 25.3. The molecular formula is C22H40O12. The molecule has 0 aromatic heterocycles. The molecule has 2 saturated heterocycles. The van der Waals surface area contributed by atoms with Crippen LogP contribution in [0.3, 0.4) is 0 Å². The van der Waals surface area contributed by atoms with Gasteiger partial charge in [-0.3, -0.25) is 4.79 Å². The van der Waals surface area contributed by atoms with E-state index in [1.807, 2.05) is 0 Å². The van der Waals surface area contributed by atoms with Crippen molar-refractivity contribution in [2.24, 2.45) is 0 Å². The lowest BCUT2D eigenvalue weighted by Gasteiger charge is -2.44. The highest BCUT2D eigenvalue weighted by molar-refractivity contribution is 5.69. The second-order valence-corrected chi connectivity index (χ2v) is 8.89. The fourth-order valence-corrected chi connectivity index (χ4v) is 4.18. The van der Waals surface area contributed by atoms with Gasteiger partial charge in [0.1, 0.15) is 43.2 Å². The van der Waals surface area contributed by atoms with Gasteiger partial charge in [0.05, 0.1) is 13.2 Å². The maximum absolute atomic E-state index is 12.4. The van der Waals surface area contributed by atoms with Crippen molar-refractivity contribution in [1.82, 2.24) is 0 Å². The first-order valence-electron chi connectivity index (χ1n) is 12.0. The Hall–Kier alpha value is -0.930. The Morgan fingerprint density at radius 3 is 2.03 bits per heavy atom. The standard InChI is InChI=1S/C22H40O12/c1-2-3-4-5-6-7-8-9-15(26)32-19-18(29)16(27)13(10-23)31-21(19)34-22(12-25)20(30)17(28)14(11-24)33-22/h13-14,16-21,23-25,27-30H,2-12H2,1H3/t13-,14-,16-,17-,18+,19-,20+,21-,22+/m1/s1. The highest BCUT2D eigenvalue weighted by Gasteiger charge is 2.59. The zero-order valence-corrected chi connectivity index (χ0v) is 19.6. The minimum absolute atomic E-state index is 0.0544. The van der Waals surface area contributed by atoms with Crippen molar-refractivity contribution in [1.29, 1.82) is 0 Å². The second kappa shape index (κ2) is 14.0. The SMILES string of the molecule is CCCCCCCCCC(=O)O[C@H]1[C@@H](O[C@]2(CO)O[C@H](CO)[C@@H](O)[C@@H]2O)O[C@H](CO)[C@@H](O)[C@@H]1O. The van der Waals surface area contributed by atoms with Crippen molar-refractivity contribution in [2.45, 2.75) is 113 Å². The number of esters is 1. The Bertz CT molecular complexity index is 606. The Morgan fingerprint density at radius 2 is 1.47 bits per heavy atom. The van der Waals surface area contributed by atoms with E-state index in [0.29, 0.717) is 6.42 Å². The van der Waals surface area contributed by atoms with Crippen LogP contribution in [0.4, 0.5) is 0 Å². The number of hydrogen-bond acceptors (Lipinski definition) is 12. The Morgan fingerprint density at radius 1 is 0.853 bits per heavy atom. The number of aliphatic hydroxyl groups is 7. The maximum Gasteiger partial charge on any atom is 0.306 e. The molecule has 7 N–H and O–H groups in total. The highest BCUT2D eigenvalue weighted by atomic mass is 16.8. The average Bonchev–Trinajstić information content (AvgIpc) is 3.08. The molecule has 2 fully saturated rings. The second-order valence-electron chi connectivity index (χ2n) is 8.89. The van der Waals surface area contributed by atoms with Crippen molar-refractivity contribution in [3.8, 4) is 0 Å². The number of aliphatic hydroxyl groups excluding tert-OH is 7. The van der Waals surface area contributed by atoms with E-state index in [1.165, 1.54) is 6.42 Å². The summed E-state index contributed by atoms with van der Waals surface area (Å²) in [6.45, 7) is -0.256. The van der Waals surface area contributed by atoms with Crippen LogP contribution in [-0.2, 0) is 23.7 Å². The van der Waals surface area contributed by atoms with Crippen molar-refractivity contribution >= 4 is 5.97 Å². The van der Waals surface area contributed by atoms with E-state index in [-0.39, 0.29) is 6.42 Å². The molecule has 0 aromatic rings. The lowest BCUT2D eigenvalue weighted by atomic mass is 9.98. The molecule has 12 nitrogen and oxygen atoms in total. The summed E-state index contributed by atoms with van der Waals surface area (Å²) in [6.07, 6.45) is -5.68. The normalized spacial score (nSPS) is 38.2. The van der Waals surface area contributed by atoms with Crippen LogP contribution in [0.15, 0.2) is 0 Å². The van der Waals surface area contributed by atoms with E-state index in [9.17, 15) is 40.5 Å². The Kier molecular flexibility index (Phi) is 12.0. The molecule has 0 aromatic carbocycles. The summed E-state index contributed by atoms with van der Waals surface area (Å²) < 4.78 is 21.7. The fourth-order valence-electron chi connectivity index (χ4n) is 4.18. The summed E-state index contributed by atoms with van der Waals surface area (Å²) in [7, 11) is 0. The molecule has 34 heavy (non-hydrogen) atoms. The fraction of sp³-hybridized carbons (Fsp3) is 0.955. The largest absolute Gasteiger partial charge is 0.454 e. The van der Waals surface area contributed by atoms with Crippen LogP contribution in [0.25, 0.3) is 0 Å². The number of unbranched alkanes of at least 4 members (excludes halogenated alkanes) is 6. The number of hydrogen-bond donors (Lipinski definition) is 7. The number of rotatable bonds is 14. The van der Waals surface area contributed by atoms with Crippen molar-refractivity contribution in [3.63, 3.8) is 0 Å². The van der Waals surface area contributed by atoms with Crippen LogP contribution < -0.4 is 0 Å². The third-order valence-corrected chi connectivity index (χ3v) is 6.30. The summed E-state index contributed by atoms with van der Waals surface area (Å²) in [5, 5.41) is 69.9. The topological polar surface area (TPSA) is 196 Å². The molecule has 2 aliphatic rings. The van der Waals surface area contributed by atoms with Crippen LogP contribution in [0.2, 0.25) is 0 Å². The smallest absolute Gasteiger partial charge is 0.306 e. The minimum atomic E-state index is -2.28. The molecule has 0 spiro atoms. The molecule has 2 aliphatic heterocycles. The quantitative estimate of drug-likeness (QED) is 0.106. The third kappa shape index (κ3) is 7.06. The van der Waals surface area contributed by atoms with Crippen LogP contribution in [-0.4, -0.2) is 116 Å². The molecule has 12 heteroatoms. The molecule has 2 heterocycles. The molecule has 0 saturated carbocycles. The number of ether oxygens (including phenoxy) is 4. The van der Waals surface area contributed by atoms with Gasteiger partial charge < -0.3 is 54.7 Å². The van der Waals surface area contributed by atoms with Gasteiger partial charge in [0.2, 0.25) is 12.1 Å². The van der Waals surface area contributed by atoms with Crippen LogP contribution in [0.1, 0.15) is 58.3 Å². The molecule has 0 radical (unpaired) electrons. The van der Waals surface area contributed by atoms with Gasteiger partial charge in [-0.25, -0.2) is 0 Å². The van der Waals surface area contributed by atoms with Crippen LogP contribution in [0.5, 0.6) is 0 Å². The van der Waals surface area contributed by atoms with Gasteiger partial charge in [-0.2, -0.15) is 0 Å². The molecule has 0 unspecified atom stereocenters. The first-order valence-corrected chi connectivity index (χ1v) is 12.0. The van der Waals surface area contributed by atoms with E-state index in [0.717, 1.165) is 32.1 Å². The zero-order valence-electron chi connectivity index (χ0n) is 19.6. The first-order chi connectivity index (χ1) is 16.2. The summed E-state index contributed by atoms with van der Waals surface area (Å²) in [5.41, 5.74) is 0. The summed E-state index contributed by atoms with van der Waals surface area (Å²) in [6, 6.07) is 0. The minimum Gasteiger partial charge on any atom is -0.454 e. The van der Waals surface area contributed by atoms with Gasteiger partial charge >= 0.3 is 5.97 Å². The van der Waals surface area contributed by atoms with Crippen molar-refractivity contribution in [3.05, 3.63) is 0 Å². The first kappa shape index (κ1) is 29.3. The maximum atomic E-state index is 12.4. The van der Waals surface area contributed by atoms with E-state index in [1.54, 1.807) is 0 Å². The van der Waals surface area contributed by atoms with E-state index >= 15 is 0 Å². The van der Waals surface area contributed by atoms with Crippen molar-refractivity contribution in [2.75, 3.05) is 19.8 Å². The van der Waals surface area contributed by atoms with Crippen LogP contribution >= 0.6 is 0 Å². The molecule has 0 amide bonds. The lowest BCUT2D eigenvalue weighted by molar-refractivity contribution is -0.384. The van der Waals surface area contributed by atoms with Gasteiger partial charge in [0, 0.05) is 6.42 Å². The summed E-state index contributed by atoms with van der Waals surface area (Å²) in [4.78, 5) is 12.4. The lowest BCUT2D eigenvalue weighted by Crippen LogP contribution is -2.63. The molecular weight excluding hydrogens is 456 g/mol.